The van der Waals surface area contributed by atoms with Crippen LogP contribution in [0, 0.1) is 18.2 Å². The van der Waals surface area contributed by atoms with E-state index in [0.29, 0.717) is 12.3 Å². The highest BCUT2D eigenvalue weighted by atomic mass is 19.1. The normalized spacial score (nSPS) is 9.50. The summed E-state index contributed by atoms with van der Waals surface area (Å²) in [6, 6.07) is 4.37. The maximum Gasteiger partial charge on any atom is 0.148 e. The molecule has 14 heavy (non-hydrogen) atoms. The van der Waals surface area contributed by atoms with E-state index in [1.54, 1.807) is 13.1 Å². The molecule has 3 heteroatoms. The Morgan fingerprint density at radius 2 is 2.36 bits per heavy atom. The van der Waals surface area contributed by atoms with Gasteiger partial charge in [-0.25, -0.2) is 4.39 Å². The molecule has 0 unspecified atom stereocenters. The summed E-state index contributed by atoms with van der Waals surface area (Å²) in [7, 11) is 1.79. The van der Waals surface area contributed by atoms with Crippen LogP contribution in [-0.2, 0) is 6.54 Å². The van der Waals surface area contributed by atoms with Crippen molar-refractivity contribution in [2.24, 2.45) is 0 Å². The maximum atomic E-state index is 12.9. The van der Waals surface area contributed by atoms with Gasteiger partial charge in [0.15, 0.2) is 0 Å². The highest BCUT2D eigenvalue weighted by Gasteiger charge is 2.03. The number of halogens is 1. The van der Waals surface area contributed by atoms with Crippen LogP contribution in [-0.4, -0.2) is 13.7 Å². The molecule has 0 amide bonds. The smallest absolute Gasteiger partial charge is 0.148 e. The molecule has 0 atom stereocenters. The number of terminal acetylenes is 1. The summed E-state index contributed by atoms with van der Waals surface area (Å²) < 4.78 is 18.1. The second-order valence-electron chi connectivity index (χ2n) is 2.78. The first kappa shape index (κ1) is 10.6. The Hall–Kier alpha value is -1.53. The van der Waals surface area contributed by atoms with Crippen LogP contribution in [0.2, 0.25) is 0 Å². The maximum absolute atomic E-state index is 12.9. The quantitative estimate of drug-likeness (QED) is 0.733. The van der Waals surface area contributed by atoms with Crippen molar-refractivity contribution in [1.82, 2.24) is 5.32 Å². The summed E-state index contributed by atoms with van der Waals surface area (Å²) >= 11 is 0. The first-order valence-corrected chi connectivity index (χ1v) is 4.27. The lowest BCUT2D eigenvalue weighted by Crippen LogP contribution is -2.08. The Balaban J connectivity index is 2.85. The molecule has 2 nitrogen and oxygen atoms in total. The van der Waals surface area contributed by atoms with Gasteiger partial charge in [0, 0.05) is 12.1 Å². The molecule has 0 aliphatic heterocycles. The van der Waals surface area contributed by atoms with Crippen molar-refractivity contribution in [1.29, 1.82) is 0 Å². The van der Waals surface area contributed by atoms with Crippen LogP contribution in [0.3, 0.4) is 0 Å². The van der Waals surface area contributed by atoms with E-state index in [1.165, 1.54) is 12.1 Å². The predicted molar refractivity (Wildman–Crippen MR) is 53.5 cm³/mol. The molecule has 0 saturated heterocycles. The van der Waals surface area contributed by atoms with E-state index in [2.05, 4.69) is 11.2 Å². The van der Waals surface area contributed by atoms with Crippen molar-refractivity contribution in [2.45, 2.75) is 6.54 Å². The van der Waals surface area contributed by atoms with Gasteiger partial charge in [-0.1, -0.05) is 5.92 Å². The van der Waals surface area contributed by atoms with Crippen LogP contribution in [0.4, 0.5) is 4.39 Å². The average molecular weight is 193 g/mol. The van der Waals surface area contributed by atoms with E-state index in [4.69, 9.17) is 11.2 Å². The summed E-state index contributed by atoms with van der Waals surface area (Å²) in [4.78, 5) is 0. The molecule has 0 saturated carbocycles. The zero-order valence-electron chi connectivity index (χ0n) is 8.01. The van der Waals surface area contributed by atoms with E-state index in [9.17, 15) is 4.39 Å². The molecular weight excluding hydrogens is 181 g/mol. The van der Waals surface area contributed by atoms with Gasteiger partial charge in [-0.15, -0.1) is 6.42 Å². The van der Waals surface area contributed by atoms with Crippen LogP contribution in [0.5, 0.6) is 5.75 Å². The molecule has 0 fully saturated rings. The summed E-state index contributed by atoms with van der Waals surface area (Å²) in [5.41, 5.74) is 0.766. The number of benzene rings is 1. The van der Waals surface area contributed by atoms with Gasteiger partial charge in [0.05, 0.1) is 0 Å². The lowest BCUT2D eigenvalue weighted by atomic mass is 10.2. The second kappa shape index (κ2) is 5.25. The lowest BCUT2D eigenvalue weighted by molar-refractivity contribution is 0.364. The molecule has 0 heterocycles. The number of hydrogen-bond donors (Lipinski definition) is 1. The average Bonchev–Trinajstić information content (AvgIpc) is 2.17. The predicted octanol–water partition coefficient (Wildman–Crippen LogP) is 1.56. The first-order valence-electron chi connectivity index (χ1n) is 4.27. The zero-order chi connectivity index (χ0) is 10.4. The number of nitrogens with one attached hydrogen (secondary N) is 1. The summed E-state index contributed by atoms with van der Waals surface area (Å²) in [5, 5.41) is 2.93. The van der Waals surface area contributed by atoms with E-state index < -0.39 is 0 Å². The SMILES string of the molecule is C#CCOc1ccc(F)cc1CNC. The van der Waals surface area contributed by atoms with Crippen molar-refractivity contribution in [3.05, 3.63) is 29.6 Å². The molecule has 0 bridgehead atoms. The fourth-order valence-corrected chi connectivity index (χ4v) is 1.14. The van der Waals surface area contributed by atoms with Gasteiger partial charge in [-0.05, 0) is 25.2 Å². The standard InChI is InChI=1S/C11H12FNO/c1-3-6-14-11-5-4-10(12)7-9(11)8-13-2/h1,4-5,7,13H,6,8H2,2H3. The fraction of sp³-hybridized carbons (Fsp3) is 0.273. The van der Waals surface area contributed by atoms with E-state index in [0.717, 1.165) is 5.56 Å². The minimum Gasteiger partial charge on any atom is -0.481 e. The van der Waals surface area contributed by atoms with Crippen molar-refractivity contribution in [3.8, 4) is 18.1 Å². The summed E-state index contributed by atoms with van der Waals surface area (Å²) in [6.45, 7) is 0.750. The molecule has 74 valence electrons. The van der Waals surface area contributed by atoms with Crippen molar-refractivity contribution < 1.29 is 9.13 Å². The second-order valence-corrected chi connectivity index (χ2v) is 2.78. The van der Waals surface area contributed by atoms with E-state index in [1.807, 2.05) is 0 Å². The van der Waals surface area contributed by atoms with Gasteiger partial charge in [0.1, 0.15) is 18.2 Å². The van der Waals surface area contributed by atoms with Crippen molar-refractivity contribution in [2.75, 3.05) is 13.7 Å². The van der Waals surface area contributed by atoms with Gasteiger partial charge in [-0.2, -0.15) is 0 Å². The minimum atomic E-state index is -0.275. The molecule has 0 aliphatic rings. The Bertz CT molecular complexity index is 344. The van der Waals surface area contributed by atoms with Crippen molar-refractivity contribution >= 4 is 0 Å². The Morgan fingerprint density at radius 3 is 3.00 bits per heavy atom. The summed E-state index contributed by atoms with van der Waals surface area (Å²) in [5.74, 6) is 2.71. The third-order valence-corrected chi connectivity index (χ3v) is 1.70. The number of ether oxygens (including phenoxy) is 1. The van der Waals surface area contributed by atoms with Gasteiger partial charge in [-0.3, -0.25) is 0 Å². The number of hydrogen-bond acceptors (Lipinski definition) is 2. The monoisotopic (exact) mass is 193 g/mol. The highest BCUT2D eigenvalue weighted by Crippen LogP contribution is 2.19. The van der Waals surface area contributed by atoms with Crippen LogP contribution in [0.15, 0.2) is 18.2 Å². The van der Waals surface area contributed by atoms with Gasteiger partial charge < -0.3 is 10.1 Å². The van der Waals surface area contributed by atoms with Gasteiger partial charge in [0.2, 0.25) is 0 Å². The molecule has 1 aromatic rings. The first-order chi connectivity index (χ1) is 6.77. The molecule has 0 aromatic heterocycles. The Labute approximate surface area is 83.1 Å². The van der Waals surface area contributed by atoms with Gasteiger partial charge >= 0.3 is 0 Å². The Kier molecular flexibility index (Phi) is 3.96. The Morgan fingerprint density at radius 1 is 1.57 bits per heavy atom. The molecule has 0 aliphatic carbocycles. The lowest BCUT2D eigenvalue weighted by Gasteiger charge is -2.08. The largest absolute Gasteiger partial charge is 0.481 e. The molecule has 1 aromatic carbocycles. The minimum absolute atomic E-state index is 0.197. The third-order valence-electron chi connectivity index (χ3n) is 1.70. The zero-order valence-corrected chi connectivity index (χ0v) is 8.01. The van der Waals surface area contributed by atoms with Gasteiger partial charge in [0.25, 0.3) is 0 Å². The number of rotatable bonds is 4. The van der Waals surface area contributed by atoms with Crippen molar-refractivity contribution in [3.63, 3.8) is 0 Å². The molecule has 0 radical (unpaired) electrons. The fourth-order valence-electron chi connectivity index (χ4n) is 1.14. The van der Waals surface area contributed by atoms with E-state index >= 15 is 0 Å². The van der Waals surface area contributed by atoms with E-state index in [-0.39, 0.29) is 12.4 Å². The molecule has 0 spiro atoms. The highest BCUT2D eigenvalue weighted by molar-refractivity contribution is 5.34. The third kappa shape index (κ3) is 2.75. The summed E-state index contributed by atoms with van der Waals surface area (Å²) in [6.07, 6.45) is 5.07. The topological polar surface area (TPSA) is 21.3 Å². The molecule has 1 rings (SSSR count). The van der Waals surface area contributed by atoms with Crippen LogP contribution < -0.4 is 10.1 Å². The van der Waals surface area contributed by atoms with Crippen LogP contribution in [0.25, 0.3) is 0 Å². The van der Waals surface area contributed by atoms with Crippen LogP contribution >= 0.6 is 0 Å². The molecule has 1 N–H and O–H groups in total. The van der Waals surface area contributed by atoms with Crippen LogP contribution in [0.1, 0.15) is 5.56 Å². The molecular formula is C11H12FNO.